The fourth-order valence-electron chi connectivity index (χ4n) is 2.41. The highest BCUT2D eigenvalue weighted by Crippen LogP contribution is 2.32. The minimum atomic E-state index is -0.333. The number of nitrogens with two attached hydrogens (primary N) is 1. The third kappa shape index (κ3) is 4.29. The molecule has 4 N–H and O–H groups in total. The van der Waals surface area contributed by atoms with Crippen molar-refractivity contribution >= 4 is 17.5 Å². The zero-order valence-corrected chi connectivity index (χ0v) is 12.4. The highest BCUT2D eigenvalue weighted by Gasteiger charge is 2.34. The van der Waals surface area contributed by atoms with Crippen molar-refractivity contribution in [3.63, 3.8) is 0 Å². The molecular formula is C16H23N3O2. The van der Waals surface area contributed by atoms with Crippen LogP contribution in [-0.4, -0.2) is 23.9 Å². The van der Waals surface area contributed by atoms with E-state index in [9.17, 15) is 9.59 Å². The highest BCUT2D eigenvalue weighted by molar-refractivity contribution is 5.97. The van der Waals surface area contributed by atoms with E-state index in [-0.39, 0.29) is 17.4 Å². The Balaban J connectivity index is 1.94. The van der Waals surface area contributed by atoms with Gasteiger partial charge in [-0.1, -0.05) is 13.0 Å². The summed E-state index contributed by atoms with van der Waals surface area (Å²) in [6, 6.07) is 6.96. The summed E-state index contributed by atoms with van der Waals surface area (Å²) in [5.74, 6) is -0.217. The summed E-state index contributed by atoms with van der Waals surface area (Å²) in [5.41, 5.74) is 6.91. The molecule has 0 unspecified atom stereocenters. The molecule has 5 heteroatoms. The first-order valence-corrected chi connectivity index (χ1v) is 7.49. The molecule has 2 amide bonds. The lowest BCUT2D eigenvalue weighted by molar-refractivity contribution is -0.118. The zero-order valence-electron chi connectivity index (χ0n) is 12.4. The van der Waals surface area contributed by atoms with Crippen molar-refractivity contribution in [2.75, 3.05) is 11.9 Å². The molecule has 0 radical (unpaired) electrons. The summed E-state index contributed by atoms with van der Waals surface area (Å²) < 4.78 is 0. The molecule has 5 nitrogen and oxygen atoms in total. The maximum atomic E-state index is 12.0. The minimum absolute atomic E-state index is 0.0942. The largest absolute Gasteiger partial charge is 0.352 e. The van der Waals surface area contributed by atoms with Crippen molar-refractivity contribution in [1.82, 2.24) is 5.32 Å². The minimum Gasteiger partial charge on any atom is -0.352 e. The van der Waals surface area contributed by atoms with Gasteiger partial charge in [-0.05, 0) is 43.9 Å². The van der Waals surface area contributed by atoms with E-state index in [1.807, 2.05) is 6.92 Å². The summed E-state index contributed by atoms with van der Waals surface area (Å²) in [6.07, 6.45) is 4.12. The second-order valence-electron chi connectivity index (χ2n) is 5.78. The number of benzene rings is 1. The van der Waals surface area contributed by atoms with Crippen LogP contribution in [-0.2, 0) is 4.79 Å². The van der Waals surface area contributed by atoms with E-state index in [1.54, 1.807) is 24.3 Å². The van der Waals surface area contributed by atoms with Crippen LogP contribution in [0.2, 0.25) is 0 Å². The molecule has 114 valence electrons. The third-order valence-electron chi connectivity index (χ3n) is 3.81. The van der Waals surface area contributed by atoms with Crippen molar-refractivity contribution in [3.05, 3.63) is 29.8 Å². The van der Waals surface area contributed by atoms with Crippen LogP contribution in [0.25, 0.3) is 0 Å². The first kappa shape index (κ1) is 15.5. The molecule has 0 saturated heterocycles. The number of anilines is 1. The summed E-state index contributed by atoms with van der Waals surface area (Å²) in [5, 5.41) is 5.63. The van der Waals surface area contributed by atoms with E-state index >= 15 is 0 Å². The summed E-state index contributed by atoms with van der Waals surface area (Å²) >= 11 is 0. The Labute approximate surface area is 125 Å². The second kappa shape index (κ2) is 6.72. The van der Waals surface area contributed by atoms with Gasteiger partial charge in [0.2, 0.25) is 5.91 Å². The van der Waals surface area contributed by atoms with E-state index in [4.69, 9.17) is 5.73 Å². The summed E-state index contributed by atoms with van der Waals surface area (Å²) in [6.45, 7) is 2.64. The lowest BCUT2D eigenvalue weighted by Crippen LogP contribution is -2.48. The predicted molar refractivity (Wildman–Crippen MR) is 83.1 cm³/mol. The molecule has 0 aliphatic heterocycles. The summed E-state index contributed by atoms with van der Waals surface area (Å²) in [4.78, 5) is 23.9. The van der Waals surface area contributed by atoms with E-state index in [0.29, 0.717) is 24.2 Å². The molecule has 0 spiro atoms. The van der Waals surface area contributed by atoms with Crippen LogP contribution in [0.4, 0.5) is 5.69 Å². The lowest BCUT2D eigenvalue weighted by Gasteiger charge is -2.37. The summed E-state index contributed by atoms with van der Waals surface area (Å²) in [7, 11) is 0. The van der Waals surface area contributed by atoms with Gasteiger partial charge in [0.25, 0.3) is 5.91 Å². The Kier molecular flexibility index (Phi) is 4.96. The van der Waals surface area contributed by atoms with Crippen molar-refractivity contribution < 1.29 is 9.59 Å². The first-order valence-electron chi connectivity index (χ1n) is 7.49. The van der Waals surface area contributed by atoms with Gasteiger partial charge in [-0.2, -0.15) is 0 Å². The van der Waals surface area contributed by atoms with Gasteiger partial charge in [0.15, 0.2) is 0 Å². The van der Waals surface area contributed by atoms with Crippen molar-refractivity contribution in [2.24, 2.45) is 5.73 Å². The number of carbonyl (C=O) groups is 2. The maximum absolute atomic E-state index is 12.0. The van der Waals surface area contributed by atoms with Crippen LogP contribution < -0.4 is 16.4 Å². The van der Waals surface area contributed by atoms with Gasteiger partial charge < -0.3 is 16.4 Å². The molecule has 1 aliphatic rings. The number of hydrogen-bond acceptors (Lipinski definition) is 3. The molecule has 21 heavy (non-hydrogen) atoms. The van der Waals surface area contributed by atoms with Crippen LogP contribution in [0.1, 0.15) is 49.4 Å². The molecule has 0 atom stereocenters. The molecule has 1 aliphatic carbocycles. The van der Waals surface area contributed by atoms with Gasteiger partial charge >= 0.3 is 0 Å². The Morgan fingerprint density at radius 2 is 2.10 bits per heavy atom. The number of nitrogens with one attached hydrogen (secondary N) is 2. The lowest BCUT2D eigenvalue weighted by atomic mass is 9.75. The fourth-order valence-corrected chi connectivity index (χ4v) is 2.41. The van der Waals surface area contributed by atoms with Crippen LogP contribution in [0, 0.1) is 0 Å². The Morgan fingerprint density at radius 1 is 1.33 bits per heavy atom. The maximum Gasteiger partial charge on any atom is 0.251 e. The number of amides is 2. The van der Waals surface area contributed by atoms with Gasteiger partial charge in [-0.25, -0.2) is 0 Å². The van der Waals surface area contributed by atoms with Crippen LogP contribution in [0.5, 0.6) is 0 Å². The van der Waals surface area contributed by atoms with Gasteiger partial charge in [0.1, 0.15) is 0 Å². The SMILES string of the molecule is CCCNC(=O)c1cccc(NC(=O)CC2(N)CCC2)c1. The molecule has 0 bridgehead atoms. The molecule has 1 fully saturated rings. The van der Waals surface area contributed by atoms with Gasteiger partial charge in [-0.3, -0.25) is 9.59 Å². The second-order valence-corrected chi connectivity index (χ2v) is 5.78. The Bertz CT molecular complexity index is 524. The van der Waals surface area contributed by atoms with Gasteiger partial charge in [0.05, 0.1) is 0 Å². The van der Waals surface area contributed by atoms with Gasteiger partial charge in [0, 0.05) is 29.8 Å². The fraction of sp³-hybridized carbons (Fsp3) is 0.500. The van der Waals surface area contributed by atoms with Crippen LogP contribution >= 0.6 is 0 Å². The van der Waals surface area contributed by atoms with Crippen molar-refractivity contribution in [2.45, 2.75) is 44.6 Å². The third-order valence-corrected chi connectivity index (χ3v) is 3.81. The smallest absolute Gasteiger partial charge is 0.251 e. The molecule has 0 aromatic heterocycles. The molecule has 0 heterocycles. The Hall–Kier alpha value is -1.88. The average molecular weight is 289 g/mol. The number of hydrogen-bond donors (Lipinski definition) is 3. The zero-order chi connectivity index (χ0) is 15.3. The van der Waals surface area contributed by atoms with E-state index in [0.717, 1.165) is 25.7 Å². The normalized spacial score (nSPS) is 15.9. The van der Waals surface area contributed by atoms with Crippen LogP contribution in [0.3, 0.4) is 0 Å². The molecule has 1 saturated carbocycles. The van der Waals surface area contributed by atoms with Crippen LogP contribution in [0.15, 0.2) is 24.3 Å². The first-order chi connectivity index (χ1) is 10.0. The average Bonchev–Trinajstić information content (AvgIpc) is 2.43. The van der Waals surface area contributed by atoms with E-state index in [1.165, 1.54) is 0 Å². The highest BCUT2D eigenvalue weighted by atomic mass is 16.2. The molecule has 1 aromatic rings. The quantitative estimate of drug-likeness (QED) is 0.749. The molecular weight excluding hydrogens is 266 g/mol. The molecule has 2 rings (SSSR count). The van der Waals surface area contributed by atoms with Crippen molar-refractivity contribution in [1.29, 1.82) is 0 Å². The van der Waals surface area contributed by atoms with Gasteiger partial charge in [-0.15, -0.1) is 0 Å². The Morgan fingerprint density at radius 3 is 2.71 bits per heavy atom. The van der Waals surface area contributed by atoms with E-state index < -0.39 is 0 Å². The topological polar surface area (TPSA) is 84.2 Å². The van der Waals surface area contributed by atoms with E-state index in [2.05, 4.69) is 10.6 Å². The number of rotatable bonds is 6. The van der Waals surface area contributed by atoms with Crippen molar-refractivity contribution in [3.8, 4) is 0 Å². The number of carbonyl (C=O) groups excluding carboxylic acids is 2. The molecule has 1 aromatic carbocycles. The monoisotopic (exact) mass is 289 g/mol. The predicted octanol–water partition coefficient (Wildman–Crippen LogP) is 2.04. The standard InChI is InChI=1S/C16H23N3O2/c1-2-9-18-15(21)12-5-3-6-13(10-12)19-14(20)11-16(17)7-4-8-16/h3,5-6,10H,2,4,7-9,11,17H2,1H3,(H,18,21)(H,19,20).